The highest BCUT2D eigenvalue weighted by Crippen LogP contribution is 2.47. The lowest BCUT2D eigenvalue weighted by Gasteiger charge is -2.30. The van der Waals surface area contributed by atoms with Gasteiger partial charge in [-0.25, -0.2) is 0 Å². The normalized spacial score (nSPS) is 19.1. The average molecular weight is 604 g/mol. The monoisotopic (exact) mass is 603 g/mol. The molecule has 1 saturated heterocycles. The van der Waals surface area contributed by atoms with Gasteiger partial charge in [-0.1, -0.05) is 43.7 Å². The number of fused-ring (bicyclic) bond motifs is 1. The molecule has 3 N–H and O–H groups in total. The van der Waals surface area contributed by atoms with Gasteiger partial charge in [-0.15, -0.1) is 0 Å². The lowest BCUT2D eigenvalue weighted by Crippen LogP contribution is -2.45. The Morgan fingerprint density at radius 1 is 1.05 bits per heavy atom. The molecule has 10 nitrogen and oxygen atoms in total. The van der Waals surface area contributed by atoms with E-state index in [1.807, 2.05) is 65.6 Å². The van der Waals surface area contributed by atoms with Crippen LogP contribution in [0.15, 0.2) is 60.7 Å². The number of hydrogen-bond acceptors (Lipinski definition) is 8. The first-order valence-corrected chi connectivity index (χ1v) is 15.0. The molecule has 0 bridgehead atoms. The van der Waals surface area contributed by atoms with E-state index >= 15 is 0 Å². The van der Waals surface area contributed by atoms with Gasteiger partial charge in [-0.05, 0) is 59.9 Å². The largest absolute Gasteiger partial charge is 0.496 e. The molecule has 2 heterocycles. The lowest BCUT2D eigenvalue weighted by atomic mass is 9.83. The van der Waals surface area contributed by atoms with Crippen molar-refractivity contribution in [1.82, 2.24) is 4.90 Å². The molecule has 1 fully saturated rings. The van der Waals surface area contributed by atoms with Gasteiger partial charge in [-0.3, -0.25) is 14.5 Å². The summed E-state index contributed by atoms with van der Waals surface area (Å²) in [5.74, 6) is -0.0873. The fourth-order valence-electron chi connectivity index (χ4n) is 6.37. The smallest absolute Gasteiger partial charge is 0.308 e. The standard InChI is InChI=1S/C34H41N3O7/c1-4-5-13-37(25-11-8-9-22(14-25)18-35)31(38)20-36-19-26(24-16-29(42-3)33-30(17-24)43-21-44-33)32(34(39)40)27(36)15-23-10-6-7-12-28(23)41-2/h6-12,14,16-17,26-27,32H,4-5,13,15,18-21,35H2,1-3H3,(H,39,40)/t26-,27+,32?/m1/s1. The van der Waals surface area contributed by atoms with Gasteiger partial charge in [0.15, 0.2) is 11.5 Å². The summed E-state index contributed by atoms with van der Waals surface area (Å²) in [7, 11) is 3.15. The van der Waals surface area contributed by atoms with Gasteiger partial charge in [0.1, 0.15) is 5.75 Å². The molecule has 0 aromatic heterocycles. The number of ether oxygens (including phenoxy) is 4. The molecule has 2 aliphatic rings. The van der Waals surface area contributed by atoms with Crippen LogP contribution >= 0.6 is 0 Å². The minimum atomic E-state index is -0.931. The maximum Gasteiger partial charge on any atom is 0.308 e. The van der Waals surface area contributed by atoms with Gasteiger partial charge in [0.25, 0.3) is 0 Å². The van der Waals surface area contributed by atoms with Crippen LogP contribution in [0, 0.1) is 5.92 Å². The Balaban J connectivity index is 1.53. The number of benzene rings is 3. The van der Waals surface area contributed by atoms with E-state index in [-0.39, 0.29) is 19.2 Å². The zero-order valence-corrected chi connectivity index (χ0v) is 25.5. The maximum absolute atomic E-state index is 14.1. The number of para-hydroxylation sites is 1. The van der Waals surface area contributed by atoms with Gasteiger partial charge < -0.3 is 34.7 Å². The number of anilines is 1. The van der Waals surface area contributed by atoms with E-state index in [0.717, 1.165) is 35.2 Å². The minimum absolute atomic E-state index is 0.0539. The predicted molar refractivity (Wildman–Crippen MR) is 167 cm³/mol. The summed E-state index contributed by atoms with van der Waals surface area (Å²) in [6.45, 7) is 3.49. The zero-order valence-electron chi connectivity index (χ0n) is 25.5. The van der Waals surface area contributed by atoms with Crippen molar-refractivity contribution in [3.05, 3.63) is 77.4 Å². The van der Waals surface area contributed by atoms with Crippen LogP contribution in [0.5, 0.6) is 23.0 Å². The first-order chi connectivity index (χ1) is 21.4. The number of methoxy groups -OCH3 is 2. The number of nitrogens with two attached hydrogens (primary N) is 1. The first kappa shape index (κ1) is 31.2. The van der Waals surface area contributed by atoms with Crippen LogP contribution in [0.3, 0.4) is 0 Å². The van der Waals surface area contributed by atoms with Crippen LogP contribution in [-0.4, -0.2) is 68.6 Å². The van der Waals surface area contributed by atoms with Crippen LogP contribution in [0.1, 0.15) is 42.4 Å². The Labute approximate surface area is 258 Å². The van der Waals surface area contributed by atoms with Crippen LogP contribution in [0.4, 0.5) is 5.69 Å². The average Bonchev–Trinajstić information content (AvgIpc) is 3.66. The van der Waals surface area contributed by atoms with Crippen molar-refractivity contribution >= 4 is 17.6 Å². The number of hydrogen-bond donors (Lipinski definition) is 2. The van der Waals surface area contributed by atoms with Crippen molar-refractivity contribution in [2.45, 2.75) is 44.7 Å². The predicted octanol–water partition coefficient (Wildman–Crippen LogP) is 4.44. The third-order valence-electron chi connectivity index (χ3n) is 8.60. The third kappa shape index (κ3) is 6.46. The number of carbonyl (C=O) groups is 2. The molecule has 5 rings (SSSR count). The van der Waals surface area contributed by atoms with Crippen LogP contribution in [0.2, 0.25) is 0 Å². The molecule has 2 aliphatic heterocycles. The maximum atomic E-state index is 14.1. The Morgan fingerprint density at radius 3 is 2.57 bits per heavy atom. The quantitative estimate of drug-likeness (QED) is 0.292. The number of amides is 1. The molecule has 1 unspecified atom stereocenters. The fourth-order valence-corrected chi connectivity index (χ4v) is 6.37. The number of carbonyl (C=O) groups excluding carboxylic acids is 1. The summed E-state index contributed by atoms with van der Waals surface area (Å²) in [4.78, 5) is 31.0. The number of aliphatic carboxylic acids is 1. The van der Waals surface area contributed by atoms with E-state index in [9.17, 15) is 14.7 Å². The molecule has 1 amide bonds. The number of carboxylic acids is 1. The Kier molecular flexibility index (Phi) is 9.92. The van der Waals surface area contributed by atoms with Crippen molar-refractivity contribution in [2.24, 2.45) is 11.7 Å². The molecule has 3 aromatic rings. The molecule has 0 saturated carbocycles. The van der Waals surface area contributed by atoms with Crippen LogP contribution in [0.25, 0.3) is 0 Å². The summed E-state index contributed by atoms with van der Waals surface area (Å²) in [5, 5.41) is 10.7. The Morgan fingerprint density at radius 2 is 1.84 bits per heavy atom. The van der Waals surface area contributed by atoms with Gasteiger partial charge in [-0.2, -0.15) is 0 Å². The summed E-state index contributed by atoms with van der Waals surface area (Å²) >= 11 is 0. The fraction of sp³-hybridized carbons (Fsp3) is 0.412. The van der Waals surface area contributed by atoms with E-state index in [2.05, 4.69) is 6.92 Å². The SMILES string of the molecule is CCCCN(C(=O)CN1C[C@H](c2cc(OC)c3c(c2)OCO3)C(C(=O)O)[C@@H]1Cc1ccccc1OC)c1cccc(CN)c1. The van der Waals surface area contributed by atoms with Crippen LogP contribution in [-0.2, 0) is 22.6 Å². The number of likely N-dealkylation sites (tertiary alicyclic amines) is 1. The van der Waals surface area contributed by atoms with Gasteiger partial charge in [0, 0.05) is 37.3 Å². The molecular formula is C34H41N3O7. The lowest BCUT2D eigenvalue weighted by molar-refractivity contribution is -0.143. The third-order valence-corrected chi connectivity index (χ3v) is 8.60. The van der Waals surface area contributed by atoms with Crippen molar-refractivity contribution in [3.63, 3.8) is 0 Å². The van der Waals surface area contributed by atoms with E-state index in [1.165, 1.54) is 0 Å². The highest BCUT2D eigenvalue weighted by Gasteiger charge is 2.48. The molecule has 3 aromatic carbocycles. The van der Waals surface area contributed by atoms with Gasteiger partial charge in [0.05, 0.1) is 26.7 Å². The number of carboxylic acid groups (broad SMARTS) is 1. The summed E-state index contributed by atoms with van der Waals surface area (Å²) in [6, 6.07) is 18.5. The second-order valence-electron chi connectivity index (χ2n) is 11.2. The Bertz CT molecular complexity index is 1480. The molecule has 3 atom stereocenters. The molecular weight excluding hydrogens is 562 g/mol. The second-order valence-corrected chi connectivity index (χ2v) is 11.2. The van der Waals surface area contributed by atoms with E-state index in [1.54, 1.807) is 19.1 Å². The highest BCUT2D eigenvalue weighted by atomic mass is 16.7. The second kappa shape index (κ2) is 14.0. The van der Waals surface area contributed by atoms with Crippen molar-refractivity contribution in [1.29, 1.82) is 0 Å². The van der Waals surface area contributed by atoms with Crippen molar-refractivity contribution < 1.29 is 33.6 Å². The highest BCUT2D eigenvalue weighted by molar-refractivity contribution is 5.95. The number of unbranched alkanes of at least 4 members (excludes halogenated alkanes) is 1. The Hall–Kier alpha value is -4.28. The van der Waals surface area contributed by atoms with Crippen molar-refractivity contribution in [3.8, 4) is 23.0 Å². The van der Waals surface area contributed by atoms with E-state index in [4.69, 9.17) is 24.7 Å². The molecule has 0 aliphatic carbocycles. The minimum Gasteiger partial charge on any atom is -0.496 e. The van der Waals surface area contributed by atoms with Gasteiger partial charge in [0.2, 0.25) is 18.4 Å². The van der Waals surface area contributed by atoms with Crippen molar-refractivity contribution in [2.75, 3.05) is 45.5 Å². The molecule has 0 radical (unpaired) electrons. The van der Waals surface area contributed by atoms with Crippen LogP contribution < -0.4 is 29.6 Å². The number of nitrogens with zero attached hydrogens (tertiary/aromatic N) is 2. The van der Waals surface area contributed by atoms with E-state index < -0.39 is 23.8 Å². The first-order valence-electron chi connectivity index (χ1n) is 15.0. The molecule has 10 heteroatoms. The number of rotatable bonds is 13. The molecule has 234 valence electrons. The van der Waals surface area contributed by atoms with E-state index in [0.29, 0.717) is 49.1 Å². The summed E-state index contributed by atoms with van der Waals surface area (Å²) in [5.41, 5.74) is 9.28. The molecule has 0 spiro atoms. The zero-order chi connectivity index (χ0) is 31.2. The molecule has 44 heavy (non-hydrogen) atoms. The van der Waals surface area contributed by atoms with Gasteiger partial charge >= 0.3 is 5.97 Å². The topological polar surface area (TPSA) is 124 Å². The summed E-state index contributed by atoms with van der Waals surface area (Å²) < 4.78 is 22.5. The summed E-state index contributed by atoms with van der Waals surface area (Å²) in [6.07, 6.45) is 2.15.